The minimum Gasteiger partial charge on any atom is -0.493 e. The molecule has 0 atom stereocenters. The van der Waals surface area contributed by atoms with E-state index >= 15 is 0 Å². The van der Waals surface area contributed by atoms with Gasteiger partial charge in [-0.15, -0.1) is 0 Å². The SMILES string of the molecule is COc1ccc(CN(C)C2CCCCC2)c(OC)c1OC. The lowest BCUT2D eigenvalue weighted by molar-refractivity contribution is 0.182. The first-order chi connectivity index (χ1) is 10.2. The molecular weight excluding hydrogens is 266 g/mol. The Bertz CT molecular complexity index is 456. The van der Waals surface area contributed by atoms with Gasteiger partial charge in [-0.1, -0.05) is 25.3 Å². The van der Waals surface area contributed by atoms with Gasteiger partial charge < -0.3 is 14.2 Å². The average Bonchev–Trinajstić information content (AvgIpc) is 2.54. The first-order valence-electron chi connectivity index (χ1n) is 7.69. The predicted molar refractivity (Wildman–Crippen MR) is 84.4 cm³/mol. The highest BCUT2D eigenvalue weighted by molar-refractivity contribution is 5.55. The van der Waals surface area contributed by atoms with E-state index in [0.29, 0.717) is 17.5 Å². The van der Waals surface area contributed by atoms with Crippen molar-refractivity contribution >= 4 is 0 Å². The van der Waals surface area contributed by atoms with Crippen LogP contribution in [0.1, 0.15) is 37.7 Å². The number of hydrogen-bond acceptors (Lipinski definition) is 4. The Balaban J connectivity index is 2.18. The predicted octanol–water partition coefficient (Wildman–Crippen LogP) is 3.48. The zero-order valence-electron chi connectivity index (χ0n) is 13.6. The Labute approximate surface area is 128 Å². The zero-order chi connectivity index (χ0) is 15.2. The fourth-order valence-corrected chi connectivity index (χ4v) is 3.21. The third-order valence-corrected chi connectivity index (χ3v) is 4.40. The molecule has 2 rings (SSSR count). The molecule has 118 valence electrons. The summed E-state index contributed by atoms with van der Waals surface area (Å²) >= 11 is 0. The van der Waals surface area contributed by atoms with Crippen LogP contribution < -0.4 is 14.2 Å². The normalized spacial score (nSPS) is 16.0. The molecule has 0 radical (unpaired) electrons. The van der Waals surface area contributed by atoms with Crippen LogP contribution in [0.15, 0.2) is 12.1 Å². The van der Waals surface area contributed by atoms with Gasteiger partial charge in [0.1, 0.15) is 0 Å². The van der Waals surface area contributed by atoms with Crippen LogP contribution in [0.2, 0.25) is 0 Å². The number of benzene rings is 1. The van der Waals surface area contributed by atoms with E-state index in [4.69, 9.17) is 14.2 Å². The van der Waals surface area contributed by atoms with Crippen molar-refractivity contribution in [2.45, 2.75) is 44.7 Å². The van der Waals surface area contributed by atoms with Crippen LogP contribution in [0, 0.1) is 0 Å². The summed E-state index contributed by atoms with van der Waals surface area (Å²) in [6, 6.07) is 4.70. The van der Waals surface area contributed by atoms with E-state index in [2.05, 4.69) is 18.0 Å². The molecule has 0 amide bonds. The summed E-state index contributed by atoms with van der Waals surface area (Å²) in [6.07, 6.45) is 6.67. The summed E-state index contributed by atoms with van der Waals surface area (Å²) < 4.78 is 16.4. The van der Waals surface area contributed by atoms with Crippen molar-refractivity contribution in [1.82, 2.24) is 4.90 Å². The van der Waals surface area contributed by atoms with E-state index in [9.17, 15) is 0 Å². The maximum atomic E-state index is 5.57. The fraction of sp³-hybridized carbons (Fsp3) is 0.647. The Hall–Kier alpha value is -1.42. The van der Waals surface area contributed by atoms with Crippen molar-refractivity contribution in [2.24, 2.45) is 0 Å². The van der Waals surface area contributed by atoms with Gasteiger partial charge in [0.2, 0.25) is 5.75 Å². The minimum absolute atomic E-state index is 0.676. The molecule has 0 saturated heterocycles. The lowest BCUT2D eigenvalue weighted by atomic mass is 9.94. The van der Waals surface area contributed by atoms with Gasteiger partial charge in [0, 0.05) is 18.2 Å². The first-order valence-corrected chi connectivity index (χ1v) is 7.69. The Morgan fingerprint density at radius 3 is 2.19 bits per heavy atom. The van der Waals surface area contributed by atoms with Gasteiger partial charge in [-0.3, -0.25) is 4.90 Å². The molecule has 0 unspecified atom stereocenters. The van der Waals surface area contributed by atoms with Crippen LogP contribution in [-0.4, -0.2) is 39.3 Å². The standard InChI is InChI=1S/C17H27NO3/c1-18(14-8-6-5-7-9-14)12-13-10-11-15(19-2)17(21-4)16(13)20-3/h10-11,14H,5-9,12H2,1-4H3. The highest BCUT2D eigenvalue weighted by atomic mass is 16.5. The monoisotopic (exact) mass is 293 g/mol. The molecule has 4 nitrogen and oxygen atoms in total. The van der Waals surface area contributed by atoms with Gasteiger partial charge in [0.25, 0.3) is 0 Å². The molecule has 1 aromatic rings. The Morgan fingerprint density at radius 2 is 1.62 bits per heavy atom. The topological polar surface area (TPSA) is 30.9 Å². The number of rotatable bonds is 6. The van der Waals surface area contributed by atoms with Gasteiger partial charge in [-0.25, -0.2) is 0 Å². The number of methoxy groups -OCH3 is 3. The molecule has 0 aromatic heterocycles. The number of hydrogen-bond donors (Lipinski definition) is 0. The molecule has 4 heteroatoms. The quantitative estimate of drug-likeness (QED) is 0.803. The van der Waals surface area contributed by atoms with Gasteiger partial charge in [0.05, 0.1) is 21.3 Å². The third kappa shape index (κ3) is 3.62. The molecule has 1 aliphatic carbocycles. The summed E-state index contributed by atoms with van der Waals surface area (Å²) in [5.74, 6) is 2.16. The maximum Gasteiger partial charge on any atom is 0.203 e. The molecular formula is C17H27NO3. The smallest absolute Gasteiger partial charge is 0.203 e. The highest BCUT2D eigenvalue weighted by Gasteiger charge is 2.21. The Morgan fingerprint density at radius 1 is 0.952 bits per heavy atom. The van der Waals surface area contributed by atoms with Crippen molar-refractivity contribution in [3.05, 3.63) is 17.7 Å². The zero-order valence-corrected chi connectivity index (χ0v) is 13.6. The van der Waals surface area contributed by atoms with Crippen molar-refractivity contribution in [3.63, 3.8) is 0 Å². The number of nitrogens with zero attached hydrogens (tertiary/aromatic N) is 1. The van der Waals surface area contributed by atoms with Crippen molar-refractivity contribution in [1.29, 1.82) is 0 Å². The lowest BCUT2D eigenvalue weighted by Crippen LogP contribution is -2.33. The van der Waals surface area contributed by atoms with Crippen LogP contribution in [0.25, 0.3) is 0 Å². The molecule has 1 saturated carbocycles. The molecule has 0 heterocycles. The molecule has 0 spiro atoms. The fourth-order valence-electron chi connectivity index (χ4n) is 3.21. The van der Waals surface area contributed by atoms with E-state index in [1.54, 1.807) is 21.3 Å². The highest BCUT2D eigenvalue weighted by Crippen LogP contribution is 2.40. The molecule has 1 aromatic carbocycles. The van der Waals surface area contributed by atoms with Crippen LogP contribution >= 0.6 is 0 Å². The summed E-state index contributed by atoms with van der Waals surface area (Å²) in [5.41, 5.74) is 1.14. The lowest BCUT2D eigenvalue weighted by Gasteiger charge is -2.31. The molecule has 21 heavy (non-hydrogen) atoms. The van der Waals surface area contributed by atoms with E-state index in [1.165, 1.54) is 32.1 Å². The molecule has 0 bridgehead atoms. The summed E-state index contributed by atoms with van der Waals surface area (Å²) in [6.45, 7) is 0.869. The molecule has 0 N–H and O–H groups in total. The van der Waals surface area contributed by atoms with Crippen molar-refractivity contribution in [3.8, 4) is 17.2 Å². The summed E-state index contributed by atoms with van der Waals surface area (Å²) in [5, 5.41) is 0. The van der Waals surface area contributed by atoms with Gasteiger partial charge in [-0.2, -0.15) is 0 Å². The van der Waals surface area contributed by atoms with E-state index in [1.807, 2.05) is 6.07 Å². The largest absolute Gasteiger partial charge is 0.493 e. The number of ether oxygens (including phenoxy) is 3. The van der Waals surface area contributed by atoms with Gasteiger partial charge >= 0.3 is 0 Å². The maximum absolute atomic E-state index is 5.57. The molecule has 0 aliphatic heterocycles. The average molecular weight is 293 g/mol. The van der Waals surface area contributed by atoms with E-state index < -0.39 is 0 Å². The molecule has 1 aliphatic rings. The Kier molecular flexibility index (Phi) is 5.74. The van der Waals surface area contributed by atoms with Crippen LogP contribution in [0.4, 0.5) is 0 Å². The second-order valence-electron chi connectivity index (χ2n) is 5.70. The van der Waals surface area contributed by atoms with Crippen molar-refractivity contribution < 1.29 is 14.2 Å². The van der Waals surface area contributed by atoms with E-state index in [-0.39, 0.29) is 0 Å². The van der Waals surface area contributed by atoms with E-state index in [0.717, 1.165) is 17.9 Å². The van der Waals surface area contributed by atoms with Gasteiger partial charge in [0.15, 0.2) is 11.5 Å². The second kappa shape index (κ2) is 7.55. The van der Waals surface area contributed by atoms with Gasteiger partial charge in [-0.05, 0) is 26.0 Å². The first kappa shape index (κ1) is 16.0. The summed E-state index contributed by atoms with van der Waals surface area (Å²) in [7, 11) is 7.17. The molecule has 1 fully saturated rings. The van der Waals surface area contributed by atoms with Crippen LogP contribution in [-0.2, 0) is 6.54 Å². The van der Waals surface area contributed by atoms with Crippen LogP contribution in [0.5, 0.6) is 17.2 Å². The summed E-state index contributed by atoms with van der Waals surface area (Å²) in [4.78, 5) is 2.43. The van der Waals surface area contributed by atoms with Crippen LogP contribution in [0.3, 0.4) is 0 Å². The second-order valence-corrected chi connectivity index (χ2v) is 5.70. The third-order valence-electron chi connectivity index (χ3n) is 4.40. The minimum atomic E-state index is 0.676. The van der Waals surface area contributed by atoms with Crippen molar-refractivity contribution in [2.75, 3.05) is 28.4 Å².